The van der Waals surface area contributed by atoms with Crippen molar-refractivity contribution < 1.29 is 13.2 Å². The van der Waals surface area contributed by atoms with Gasteiger partial charge in [0.05, 0.1) is 19.0 Å². The van der Waals surface area contributed by atoms with Crippen LogP contribution in [0.3, 0.4) is 0 Å². The van der Waals surface area contributed by atoms with E-state index >= 15 is 0 Å². The Morgan fingerprint density at radius 3 is 2.33 bits per heavy atom. The van der Waals surface area contributed by atoms with Crippen molar-refractivity contribution in [2.24, 2.45) is 0 Å². The quantitative estimate of drug-likeness (QED) is 0.792. The van der Waals surface area contributed by atoms with Crippen LogP contribution >= 0.6 is 0 Å². The predicted molar refractivity (Wildman–Crippen MR) is 108 cm³/mol. The van der Waals surface area contributed by atoms with Crippen LogP contribution in [-0.4, -0.2) is 39.0 Å². The molecule has 5 nitrogen and oxygen atoms in total. The lowest BCUT2D eigenvalue weighted by Gasteiger charge is -2.26. The van der Waals surface area contributed by atoms with E-state index in [4.69, 9.17) is 4.74 Å². The Hall–Kier alpha value is -1.73. The molecule has 1 heterocycles. The van der Waals surface area contributed by atoms with E-state index < -0.39 is 10.0 Å². The number of aryl methyl sites for hydroxylation is 2. The van der Waals surface area contributed by atoms with E-state index in [2.05, 4.69) is 37.4 Å². The van der Waals surface area contributed by atoms with Crippen LogP contribution in [0.15, 0.2) is 42.5 Å². The molecule has 1 saturated heterocycles. The Bertz CT molecular complexity index is 875. The Morgan fingerprint density at radius 2 is 1.63 bits per heavy atom. The summed E-state index contributed by atoms with van der Waals surface area (Å²) in [4.78, 5) is 0. The predicted octanol–water partition coefficient (Wildman–Crippen LogP) is 2.76. The van der Waals surface area contributed by atoms with Gasteiger partial charge < -0.3 is 10.1 Å². The van der Waals surface area contributed by atoms with Crippen LogP contribution in [0.25, 0.3) is 0 Å². The van der Waals surface area contributed by atoms with Crippen molar-refractivity contribution in [2.45, 2.75) is 32.7 Å². The largest absolute Gasteiger partial charge is 0.379 e. The second-order valence-electron chi connectivity index (χ2n) is 7.07. The maximum absolute atomic E-state index is 12.7. The first-order valence-electron chi connectivity index (χ1n) is 9.35. The van der Waals surface area contributed by atoms with Crippen LogP contribution in [0.1, 0.15) is 27.8 Å². The lowest BCUT2D eigenvalue weighted by atomic mass is 10.1. The number of hydrogen-bond acceptors (Lipinski definition) is 4. The minimum absolute atomic E-state index is 0.0361. The zero-order valence-corrected chi connectivity index (χ0v) is 16.9. The Morgan fingerprint density at radius 1 is 0.963 bits per heavy atom. The summed E-state index contributed by atoms with van der Waals surface area (Å²) in [6.07, 6.45) is 0. The molecule has 0 aromatic heterocycles. The van der Waals surface area contributed by atoms with Crippen molar-refractivity contribution >= 4 is 10.0 Å². The number of nitrogens with one attached hydrogen (secondary N) is 1. The third-order valence-corrected chi connectivity index (χ3v) is 6.78. The average molecular weight is 389 g/mol. The first-order chi connectivity index (χ1) is 13.0. The van der Waals surface area contributed by atoms with Crippen LogP contribution in [-0.2, 0) is 33.6 Å². The topological polar surface area (TPSA) is 58.6 Å². The highest BCUT2D eigenvalue weighted by atomic mass is 32.2. The second kappa shape index (κ2) is 8.97. The molecule has 3 rings (SSSR count). The zero-order valence-electron chi connectivity index (χ0n) is 16.1. The van der Waals surface area contributed by atoms with Gasteiger partial charge in [-0.1, -0.05) is 48.0 Å². The van der Waals surface area contributed by atoms with Crippen molar-refractivity contribution in [3.63, 3.8) is 0 Å². The summed E-state index contributed by atoms with van der Waals surface area (Å²) in [5.74, 6) is 0.0361. The molecule has 0 radical (unpaired) electrons. The van der Waals surface area contributed by atoms with Crippen LogP contribution in [0.2, 0.25) is 0 Å². The summed E-state index contributed by atoms with van der Waals surface area (Å²) < 4.78 is 32.3. The molecule has 0 amide bonds. The fraction of sp³-hybridized carbons (Fsp3) is 0.429. The molecule has 6 heteroatoms. The Labute approximate surface area is 162 Å². The van der Waals surface area contributed by atoms with Gasteiger partial charge in [-0.2, -0.15) is 4.31 Å². The number of rotatable bonds is 7. The van der Waals surface area contributed by atoms with Crippen LogP contribution in [0.5, 0.6) is 0 Å². The SMILES string of the molecule is Cc1ccc(CNCc2ccccc2CS(=O)(=O)N2CCOCC2)c(C)c1. The van der Waals surface area contributed by atoms with Crippen molar-refractivity contribution in [2.75, 3.05) is 26.3 Å². The molecule has 1 fully saturated rings. The standard InChI is InChI=1S/C21H28N2O3S/c1-17-7-8-19(18(2)13-17)14-22-15-20-5-3-4-6-21(20)16-27(24,25)23-9-11-26-12-10-23/h3-8,13,22H,9-12,14-16H2,1-2H3. The second-order valence-corrected chi connectivity index (χ2v) is 9.04. The minimum atomic E-state index is -3.32. The Kier molecular flexibility index (Phi) is 6.65. The number of ether oxygens (including phenoxy) is 1. The molecule has 0 bridgehead atoms. The molecule has 0 atom stereocenters. The van der Waals surface area contributed by atoms with Gasteiger partial charge in [0.15, 0.2) is 0 Å². The molecule has 0 saturated carbocycles. The fourth-order valence-corrected chi connectivity index (χ4v) is 4.92. The number of hydrogen-bond donors (Lipinski definition) is 1. The summed E-state index contributed by atoms with van der Waals surface area (Å²) in [5.41, 5.74) is 5.68. The van der Waals surface area contributed by atoms with Gasteiger partial charge in [-0.25, -0.2) is 8.42 Å². The van der Waals surface area contributed by atoms with Crippen molar-refractivity contribution in [3.8, 4) is 0 Å². The number of benzene rings is 2. The van der Waals surface area contributed by atoms with E-state index in [-0.39, 0.29) is 5.75 Å². The molecule has 0 aliphatic carbocycles. The maximum atomic E-state index is 12.7. The highest BCUT2D eigenvalue weighted by Crippen LogP contribution is 2.17. The van der Waals surface area contributed by atoms with E-state index in [1.165, 1.54) is 21.0 Å². The fourth-order valence-electron chi connectivity index (χ4n) is 3.36. The van der Waals surface area contributed by atoms with E-state index in [0.717, 1.165) is 17.7 Å². The normalized spacial score (nSPS) is 15.8. The molecule has 1 aliphatic heterocycles. The highest BCUT2D eigenvalue weighted by molar-refractivity contribution is 7.88. The molecule has 2 aromatic rings. The van der Waals surface area contributed by atoms with E-state index in [0.29, 0.717) is 32.8 Å². The maximum Gasteiger partial charge on any atom is 0.218 e. The molecule has 2 aromatic carbocycles. The Balaban J connectivity index is 1.65. The van der Waals surface area contributed by atoms with Gasteiger partial charge in [-0.3, -0.25) is 0 Å². The third-order valence-electron chi connectivity index (χ3n) is 4.95. The van der Waals surface area contributed by atoms with Crippen LogP contribution < -0.4 is 5.32 Å². The van der Waals surface area contributed by atoms with Gasteiger partial charge in [0.1, 0.15) is 0 Å². The summed E-state index contributed by atoms with van der Waals surface area (Å²) in [6.45, 7) is 7.43. The molecule has 0 unspecified atom stereocenters. The number of nitrogens with zero attached hydrogens (tertiary/aromatic N) is 1. The molecule has 1 N–H and O–H groups in total. The summed E-state index contributed by atoms with van der Waals surface area (Å²) in [7, 11) is -3.32. The molecule has 27 heavy (non-hydrogen) atoms. The highest BCUT2D eigenvalue weighted by Gasteiger charge is 2.25. The molecular formula is C21H28N2O3S. The lowest BCUT2D eigenvalue weighted by Crippen LogP contribution is -2.41. The van der Waals surface area contributed by atoms with Crippen molar-refractivity contribution in [3.05, 3.63) is 70.3 Å². The molecule has 1 aliphatic rings. The third kappa shape index (κ3) is 5.39. The van der Waals surface area contributed by atoms with Crippen molar-refractivity contribution in [1.29, 1.82) is 0 Å². The summed E-state index contributed by atoms with van der Waals surface area (Å²) in [5, 5.41) is 3.46. The van der Waals surface area contributed by atoms with Gasteiger partial charge in [0.2, 0.25) is 10.0 Å². The van der Waals surface area contributed by atoms with Gasteiger partial charge in [0, 0.05) is 26.2 Å². The minimum Gasteiger partial charge on any atom is -0.379 e. The summed E-state index contributed by atoms with van der Waals surface area (Å²) >= 11 is 0. The zero-order chi connectivity index (χ0) is 19.3. The monoisotopic (exact) mass is 388 g/mol. The first kappa shape index (κ1) is 20.0. The number of morpholine rings is 1. The number of sulfonamides is 1. The van der Waals surface area contributed by atoms with Gasteiger partial charge in [-0.05, 0) is 36.1 Å². The van der Waals surface area contributed by atoms with E-state index in [9.17, 15) is 8.42 Å². The molecule has 0 spiro atoms. The molecular weight excluding hydrogens is 360 g/mol. The van der Waals surface area contributed by atoms with Gasteiger partial charge >= 0.3 is 0 Å². The van der Waals surface area contributed by atoms with E-state index in [1.807, 2.05) is 24.3 Å². The van der Waals surface area contributed by atoms with Crippen LogP contribution in [0.4, 0.5) is 0 Å². The summed E-state index contributed by atoms with van der Waals surface area (Å²) in [6, 6.07) is 14.2. The van der Waals surface area contributed by atoms with Gasteiger partial charge in [0.25, 0.3) is 0 Å². The van der Waals surface area contributed by atoms with Crippen LogP contribution in [0, 0.1) is 13.8 Å². The van der Waals surface area contributed by atoms with Crippen molar-refractivity contribution in [1.82, 2.24) is 9.62 Å². The van der Waals surface area contributed by atoms with E-state index in [1.54, 1.807) is 0 Å². The molecule has 146 valence electrons. The smallest absolute Gasteiger partial charge is 0.218 e. The lowest BCUT2D eigenvalue weighted by molar-refractivity contribution is 0.0729. The van der Waals surface area contributed by atoms with Gasteiger partial charge in [-0.15, -0.1) is 0 Å². The average Bonchev–Trinajstić information content (AvgIpc) is 2.65. The first-order valence-corrected chi connectivity index (χ1v) is 11.0.